The molecule has 2 aromatic heterocycles. The molecule has 4 heterocycles. The fraction of sp³-hybridized carbons (Fsp3) is 0.267. The van der Waals surface area contributed by atoms with Crippen molar-refractivity contribution in [2.75, 3.05) is 24.7 Å². The van der Waals surface area contributed by atoms with Crippen LogP contribution in [0, 0.1) is 24.4 Å². The summed E-state index contributed by atoms with van der Waals surface area (Å²) in [4.78, 5) is 34.2. The first kappa shape index (κ1) is 29.2. The van der Waals surface area contributed by atoms with E-state index < -0.39 is 40.6 Å². The lowest BCUT2D eigenvalue weighted by atomic mass is 9.85. The van der Waals surface area contributed by atoms with Crippen molar-refractivity contribution in [2.45, 2.75) is 31.5 Å². The molecular weight excluding hydrogens is 590 g/mol. The SMILES string of the molecule is Cc1c(C(=O)N2CCC3(CC2)C(=O)NCN3c2ccc(F)cc2)nn(-c2cc(F)c(C(F)(F)F)c(F)c2)c1-c1cccnc1. The number of carbonyl (C=O) groups excluding carboxylic acids is 2. The Kier molecular flexibility index (Phi) is 7.09. The number of nitrogens with zero attached hydrogens (tertiary/aromatic N) is 5. The minimum Gasteiger partial charge on any atom is -0.339 e. The van der Waals surface area contributed by atoms with Gasteiger partial charge in [0.1, 0.15) is 28.6 Å². The first-order valence-electron chi connectivity index (χ1n) is 13.6. The number of hydrogen-bond donors (Lipinski definition) is 1. The quantitative estimate of drug-likeness (QED) is 0.318. The van der Waals surface area contributed by atoms with Crippen LogP contribution in [-0.2, 0) is 11.0 Å². The summed E-state index contributed by atoms with van der Waals surface area (Å²) in [5, 5.41) is 7.17. The lowest BCUT2D eigenvalue weighted by Crippen LogP contribution is -2.57. The van der Waals surface area contributed by atoms with Crippen LogP contribution in [0.25, 0.3) is 16.9 Å². The zero-order chi connectivity index (χ0) is 31.4. The molecule has 8 nitrogen and oxygen atoms in total. The lowest BCUT2D eigenvalue weighted by molar-refractivity contribution is -0.142. The summed E-state index contributed by atoms with van der Waals surface area (Å²) < 4.78 is 83.4. The topological polar surface area (TPSA) is 83.4 Å². The molecule has 2 amide bonds. The number of likely N-dealkylation sites (tertiary alicyclic amines) is 1. The number of nitrogens with one attached hydrogen (secondary N) is 1. The van der Waals surface area contributed by atoms with Crippen LogP contribution in [-0.4, -0.2) is 56.8 Å². The molecule has 0 unspecified atom stereocenters. The van der Waals surface area contributed by atoms with E-state index >= 15 is 0 Å². The summed E-state index contributed by atoms with van der Waals surface area (Å²) in [5.41, 5.74) is -1.84. The van der Waals surface area contributed by atoms with Crippen LogP contribution in [0.2, 0.25) is 0 Å². The summed E-state index contributed by atoms with van der Waals surface area (Å²) in [5.74, 6) is -4.80. The molecule has 44 heavy (non-hydrogen) atoms. The van der Waals surface area contributed by atoms with Crippen molar-refractivity contribution in [1.29, 1.82) is 0 Å². The minimum absolute atomic E-state index is 0.0771. The molecular formula is C30H24F6N6O2. The van der Waals surface area contributed by atoms with Gasteiger partial charge in [0.05, 0.1) is 18.1 Å². The van der Waals surface area contributed by atoms with Gasteiger partial charge in [-0.2, -0.15) is 18.3 Å². The van der Waals surface area contributed by atoms with Gasteiger partial charge in [-0.15, -0.1) is 0 Å². The van der Waals surface area contributed by atoms with Crippen molar-refractivity contribution < 1.29 is 35.9 Å². The van der Waals surface area contributed by atoms with E-state index in [0.717, 1.165) is 4.68 Å². The largest absolute Gasteiger partial charge is 0.422 e. The first-order valence-corrected chi connectivity index (χ1v) is 13.6. The van der Waals surface area contributed by atoms with E-state index in [1.54, 1.807) is 31.2 Å². The molecule has 1 N–H and O–H groups in total. The summed E-state index contributed by atoms with van der Waals surface area (Å²) in [6, 6.07) is 10.0. The zero-order valence-electron chi connectivity index (χ0n) is 23.1. The Bertz CT molecular complexity index is 1730. The van der Waals surface area contributed by atoms with Crippen molar-refractivity contribution in [3.05, 3.63) is 95.2 Å². The van der Waals surface area contributed by atoms with Gasteiger partial charge in [-0.3, -0.25) is 14.6 Å². The Balaban J connectivity index is 1.34. The highest BCUT2D eigenvalue weighted by molar-refractivity contribution is 5.97. The van der Waals surface area contributed by atoms with Gasteiger partial charge in [0.25, 0.3) is 5.91 Å². The minimum atomic E-state index is -5.26. The first-order chi connectivity index (χ1) is 20.9. The van der Waals surface area contributed by atoms with Crippen molar-refractivity contribution >= 4 is 17.5 Å². The number of anilines is 1. The maximum absolute atomic E-state index is 14.6. The number of alkyl halides is 3. The molecule has 0 saturated carbocycles. The van der Waals surface area contributed by atoms with Crippen LogP contribution in [0.3, 0.4) is 0 Å². The number of pyridine rings is 1. The molecule has 6 rings (SSSR count). The Labute approximate surface area is 246 Å². The third kappa shape index (κ3) is 4.83. The Morgan fingerprint density at radius 1 is 0.977 bits per heavy atom. The molecule has 2 fully saturated rings. The average molecular weight is 615 g/mol. The molecule has 0 aliphatic carbocycles. The zero-order valence-corrected chi connectivity index (χ0v) is 23.1. The average Bonchev–Trinajstić information content (AvgIpc) is 3.49. The predicted octanol–water partition coefficient (Wildman–Crippen LogP) is 5.25. The van der Waals surface area contributed by atoms with Crippen molar-refractivity contribution in [2.24, 2.45) is 0 Å². The molecule has 2 saturated heterocycles. The maximum atomic E-state index is 14.6. The number of piperidine rings is 1. The molecule has 2 aliphatic heterocycles. The molecule has 228 valence electrons. The number of halogens is 6. The van der Waals surface area contributed by atoms with Crippen LogP contribution in [0.5, 0.6) is 0 Å². The van der Waals surface area contributed by atoms with Gasteiger partial charge in [0.2, 0.25) is 5.91 Å². The summed E-state index contributed by atoms with van der Waals surface area (Å²) in [6.07, 6.45) is -1.83. The van der Waals surface area contributed by atoms with E-state index in [9.17, 15) is 35.9 Å². The number of benzene rings is 2. The monoisotopic (exact) mass is 614 g/mol. The van der Waals surface area contributed by atoms with Crippen LogP contribution in [0.4, 0.5) is 32.0 Å². The maximum Gasteiger partial charge on any atom is 0.422 e. The van der Waals surface area contributed by atoms with E-state index in [0.29, 0.717) is 28.9 Å². The van der Waals surface area contributed by atoms with E-state index in [1.807, 2.05) is 4.90 Å². The van der Waals surface area contributed by atoms with E-state index in [4.69, 9.17) is 0 Å². The highest BCUT2D eigenvalue weighted by Gasteiger charge is 2.51. The van der Waals surface area contributed by atoms with Crippen LogP contribution >= 0.6 is 0 Å². The summed E-state index contributed by atoms with van der Waals surface area (Å²) in [6.45, 7) is 2.10. The van der Waals surface area contributed by atoms with Crippen molar-refractivity contribution in [1.82, 2.24) is 25.0 Å². The lowest BCUT2D eigenvalue weighted by Gasteiger charge is -2.43. The molecule has 4 aromatic rings. The van der Waals surface area contributed by atoms with Crippen molar-refractivity contribution in [3.63, 3.8) is 0 Å². The normalized spacial score (nSPS) is 16.5. The van der Waals surface area contributed by atoms with E-state index in [2.05, 4.69) is 15.4 Å². The third-order valence-corrected chi connectivity index (χ3v) is 8.17. The Hall–Kier alpha value is -4.88. The molecule has 2 aromatic carbocycles. The fourth-order valence-electron chi connectivity index (χ4n) is 5.96. The number of amides is 2. The second-order valence-electron chi connectivity index (χ2n) is 10.7. The van der Waals surface area contributed by atoms with Crippen LogP contribution in [0.15, 0.2) is 60.9 Å². The van der Waals surface area contributed by atoms with Gasteiger partial charge < -0.3 is 15.1 Å². The molecule has 1 spiro atoms. The number of carbonyl (C=O) groups is 2. The van der Waals surface area contributed by atoms with Crippen LogP contribution in [0.1, 0.15) is 34.5 Å². The van der Waals surface area contributed by atoms with Gasteiger partial charge in [-0.05, 0) is 56.2 Å². The number of aromatic nitrogens is 3. The molecule has 0 bridgehead atoms. The number of rotatable bonds is 4. The second kappa shape index (κ2) is 10.7. The molecule has 0 atom stereocenters. The Morgan fingerprint density at radius 3 is 2.23 bits per heavy atom. The molecule has 14 heteroatoms. The summed E-state index contributed by atoms with van der Waals surface area (Å²) in [7, 11) is 0. The van der Waals surface area contributed by atoms with E-state index in [1.165, 1.54) is 29.4 Å². The van der Waals surface area contributed by atoms with Gasteiger partial charge in [0.15, 0.2) is 5.69 Å². The highest BCUT2D eigenvalue weighted by Crippen LogP contribution is 2.38. The highest BCUT2D eigenvalue weighted by atomic mass is 19.4. The predicted molar refractivity (Wildman–Crippen MR) is 146 cm³/mol. The molecule has 0 radical (unpaired) electrons. The van der Waals surface area contributed by atoms with Gasteiger partial charge in [-0.25, -0.2) is 17.9 Å². The van der Waals surface area contributed by atoms with Crippen LogP contribution < -0.4 is 10.2 Å². The summed E-state index contributed by atoms with van der Waals surface area (Å²) >= 11 is 0. The van der Waals surface area contributed by atoms with Gasteiger partial charge >= 0.3 is 6.18 Å². The van der Waals surface area contributed by atoms with Gasteiger partial charge in [-0.1, -0.05) is 0 Å². The van der Waals surface area contributed by atoms with Gasteiger partial charge in [0, 0.05) is 54.4 Å². The van der Waals surface area contributed by atoms with E-state index in [-0.39, 0.29) is 55.6 Å². The third-order valence-electron chi connectivity index (χ3n) is 8.17. The fourth-order valence-corrected chi connectivity index (χ4v) is 5.96. The number of hydrogen-bond acceptors (Lipinski definition) is 5. The second-order valence-corrected chi connectivity index (χ2v) is 10.7. The Morgan fingerprint density at radius 2 is 1.64 bits per heavy atom. The van der Waals surface area contributed by atoms with Crippen molar-refractivity contribution in [3.8, 4) is 16.9 Å². The standard InChI is InChI=1S/C30H24F6N6O2/c1-17-25(27(43)40-11-8-29(9-12-40)28(44)38-16-41(29)20-6-4-19(31)5-7-20)39-42(26(17)18-3-2-10-37-15-18)21-13-22(32)24(23(33)14-21)30(34,35)36/h2-7,10,13-15H,8-9,11-12,16H2,1H3,(H,38,44). The molecule has 2 aliphatic rings. The smallest absolute Gasteiger partial charge is 0.339 e.